The van der Waals surface area contributed by atoms with Gasteiger partial charge in [-0.3, -0.25) is 9.88 Å². The van der Waals surface area contributed by atoms with Gasteiger partial charge in [0.25, 0.3) is 0 Å². The van der Waals surface area contributed by atoms with Crippen molar-refractivity contribution in [2.45, 2.75) is 32.8 Å². The number of hydrogen-bond acceptors (Lipinski definition) is 7. The highest BCUT2D eigenvalue weighted by atomic mass is 35.5. The fourth-order valence-electron chi connectivity index (χ4n) is 4.36. The lowest BCUT2D eigenvalue weighted by atomic mass is 10.1. The van der Waals surface area contributed by atoms with Gasteiger partial charge < -0.3 is 15.4 Å². The second kappa shape index (κ2) is 9.92. The quantitative estimate of drug-likeness (QED) is 0.490. The third-order valence-corrected chi connectivity index (χ3v) is 6.64. The first-order valence-corrected chi connectivity index (χ1v) is 12.3. The zero-order valence-electron chi connectivity index (χ0n) is 19.3. The second-order valence-electron chi connectivity index (χ2n) is 8.82. The van der Waals surface area contributed by atoms with Crippen molar-refractivity contribution in [3.8, 4) is 11.3 Å². The van der Waals surface area contributed by atoms with Crippen LogP contribution in [0.4, 0.5) is 17.3 Å². The highest BCUT2D eigenvalue weighted by molar-refractivity contribution is 7.80. The van der Waals surface area contributed by atoms with Crippen molar-refractivity contribution in [2.24, 2.45) is 0 Å². The Morgan fingerprint density at radius 1 is 1.26 bits per heavy atom. The zero-order chi connectivity index (χ0) is 23.7. The second-order valence-corrected chi connectivity index (χ2v) is 9.75. The predicted octanol–water partition coefficient (Wildman–Crippen LogP) is 4.80. The molecule has 5 rings (SSSR count). The summed E-state index contributed by atoms with van der Waals surface area (Å²) in [7, 11) is 0. The van der Waals surface area contributed by atoms with Gasteiger partial charge >= 0.3 is 0 Å². The van der Waals surface area contributed by atoms with Gasteiger partial charge in [0.2, 0.25) is 5.95 Å². The van der Waals surface area contributed by atoms with E-state index in [1.807, 2.05) is 37.5 Å². The molecular formula is C25H27ClN6OS. The summed E-state index contributed by atoms with van der Waals surface area (Å²) in [5, 5.41) is 7.31. The van der Waals surface area contributed by atoms with Crippen LogP contribution in [0.15, 0.2) is 36.7 Å². The maximum absolute atomic E-state index is 6.21. The van der Waals surface area contributed by atoms with Crippen LogP contribution in [0, 0.1) is 6.92 Å². The molecule has 1 saturated heterocycles. The number of halogens is 1. The summed E-state index contributed by atoms with van der Waals surface area (Å²) in [6, 6.07) is 7.85. The third kappa shape index (κ3) is 5.20. The van der Waals surface area contributed by atoms with Crippen LogP contribution in [-0.4, -0.2) is 57.2 Å². The molecule has 2 aliphatic heterocycles. The topological polar surface area (TPSA) is 75.2 Å². The Labute approximate surface area is 209 Å². The van der Waals surface area contributed by atoms with Crippen molar-refractivity contribution in [3.05, 3.63) is 58.5 Å². The fourth-order valence-corrected chi connectivity index (χ4v) is 4.80. The average Bonchev–Trinajstić information content (AvgIpc) is 2.94. The third-order valence-electron chi connectivity index (χ3n) is 6.16. The van der Waals surface area contributed by atoms with Gasteiger partial charge in [0.1, 0.15) is 0 Å². The van der Waals surface area contributed by atoms with Crippen molar-refractivity contribution in [3.63, 3.8) is 0 Å². The minimum atomic E-state index is 0.290. The Balaban J connectivity index is 1.37. The van der Waals surface area contributed by atoms with Gasteiger partial charge in [0, 0.05) is 60.3 Å². The molecule has 1 fully saturated rings. The van der Waals surface area contributed by atoms with Crippen LogP contribution in [0.5, 0.6) is 0 Å². The largest absolute Gasteiger partial charge is 0.376 e. The molecule has 1 unspecified atom stereocenters. The summed E-state index contributed by atoms with van der Waals surface area (Å²) in [5.41, 5.74) is 6.62. The van der Waals surface area contributed by atoms with E-state index in [-0.39, 0.29) is 6.10 Å². The Kier molecular flexibility index (Phi) is 6.74. The molecule has 7 nitrogen and oxygen atoms in total. The lowest BCUT2D eigenvalue weighted by molar-refractivity contribution is -0.0177. The fraction of sp³-hybridized carbons (Fsp3) is 0.360. The van der Waals surface area contributed by atoms with E-state index in [0.29, 0.717) is 22.4 Å². The Morgan fingerprint density at radius 3 is 3.00 bits per heavy atom. The minimum Gasteiger partial charge on any atom is -0.376 e. The van der Waals surface area contributed by atoms with Gasteiger partial charge in [0.15, 0.2) is 0 Å². The highest BCUT2D eigenvalue weighted by Gasteiger charge is 2.20. The number of pyridine rings is 1. The number of thiocarbonyl (C=S) groups is 1. The number of fused-ring (bicyclic) bond motifs is 3. The van der Waals surface area contributed by atoms with Gasteiger partial charge in [-0.25, -0.2) is 9.97 Å². The number of anilines is 3. The molecule has 0 radical (unpaired) electrons. The van der Waals surface area contributed by atoms with E-state index < -0.39 is 0 Å². The summed E-state index contributed by atoms with van der Waals surface area (Å²) < 4.78 is 5.65. The molecule has 0 aliphatic carbocycles. The van der Waals surface area contributed by atoms with Gasteiger partial charge in [-0.15, -0.1) is 0 Å². The SMILES string of the molecule is Cc1ncc(CCN2CCOC(C)C2)cc1Nc1ncc2c(n1)-c1ccc(Cl)cc1NC(=S)C2. The van der Waals surface area contributed by atoms with Crippen LogP contribution >= 0.6 is 23.8 Å². The van der Waals surface area contributed by atoms with Crippen LogP contribution in [0.3, 0.4) is 0 Å². The number of aromatic nitrogens is 3. The van der Waals surface area contributed by atoms with Crippen LogP contribution in [0.1, 0.15) is 23.7 Å². The molecule has 2 aromatic heterocycles. The van der Waals surface area contributed by atoms with Crippen molar-refractivity contribution in [1.82, 2.24) is 19.9 Å². The molecule has 0 bridgehead atoms. The van der Waals surface area contributed by atoms with E-state index in [1.54, 1.807) is 0 Å². The van der Waals surface area contributed by atoms with Gasteiger partial charge in [-0.2, -0.15) is 0 Å². The monoisotopic (exact) mass is 494 g/mol. The van der Waals surface area contributed by atoms with Gasteiger partial charge in [-0.1, -0.05) is 23.8 Å². The summed E-state index contributed by atoms with van der Waals surface area (Å²) in [6.45, 7) is 7.84. The first-order valence-electron chi connectivity index (χ1n) is 11.5. The molecule has 2 aliphatic rings. The number of hydrogen-bond donors (Lipinski definition) is 2. The van der Waals surface area contributed by atoms with Crippen molar-refractivity contribution in [1.29, 1.82) is 0 Å². The first kappa shape index (κ1) is 23.1. The molecule has 1 aromatic carbocycles. The summed E-state index contributed by atoms with van der Waals surface area (Å²) in [5.74, 6) is 0.525. The number of benzene rings is 1. The van der Waals surface area contributed by atoms with E-state index in [1.165, 1.54) is 5.56 Å². The molecule has 3 aromatic rings. The van der Waals surface area contributed by atoms with Crippen molar-refractivity contribution >= 4 is 46.1 Å². The number of nitrogens with one attached hydrogen (secondary N) is 2. The standard InChI is InChI=1S/C25H27ClN6OS/c1-15-14-32(7-8-33-15)6-5-17-9-21(16(2)27-12-17)30-25-28-13-18-10-23(34)29-22-11-19(26)3-4-20(22)24(18)31-25/h3-4,9,11-13,15H,5-8,10,14H2,1-2H3,(H,29,34)(H,28,30,31). The zero-order valence-corrected chi connectivity index (χ0v) is 20.8. The molecule has 9 heteroatoms. The van der Waals surface area contributed by atoms with Gasteiger partial charge in [-0.05, 0) is 50.1 Å². The summed E-state index contributed by atoms with van der Waals surface area (Å²) in [6.07, 6.45) is 5.59. The first-order chi connectivity index (χ1) is 16.4. The van der Waals surface area contributed by atoms with E-state index in [9.17, 15) is 0 Å². The molecule has 2 N–H and O–H groups in total. The number of nitrogens with zero attached hydrogens (tertiary/aromatic N) is 4. The molecule has 4 heterocycles. The molecule has 34 heavy (non-hydrogen) atoms. The summed E-state index contributed by atoms with van der Waals surface area (Å²) >= 11 is 11.7. The van der Waals surface area contributed by atoms with Gasteiger partial charge in [0.05, 0.1) is 34.8 Å². The Hall–Kier alpha value is -2.65. The van der Waals surface area contributed by atoms with Crippen LogP contribution in [0.2, 0.25) is 5.02 Å². The van der Waals surface area contributed by atoms with Crippen molar-refractivity contribution in [2.75, 3.05) is 36.9 Å². The van der Waals surface area contributed by atoms with E-state index in [0.717, 1.165) is 66.6 Å². The van der Waals surface area contributed by atoms with E-state index in [4.69, 9.17) is 33.5 Å². The Morgan fingerprint density at radius 2 is 2.15 bits per heavy atom. The lowest BCUT2D eigenvalue weighted by Gasteiger charge is -2.31. The molecule has 176 valence electrons. The van der Waals surface area contributed by atoms with Crippen LogP contribution in [0.25, 0.3) is 11.3 Å². The maximum Gasteiger partial charge on any atom is 0.227 e. The van der Waals surface area contributed by atoms with E-state index >= 15 is 0 Å². The molecule has 0 amide bonds. The van der Waals surface area contributed by atoms with Crippen LogP contribution in [-0.2, 0) is 17.6 Å². The smallest absolute Gasteiger partial charge is 0.227 e. The summed E-state index contributed by atoms with van der Waals surface area (Å²) in [4.78, 5) is 17.2. The lowest BCUT2D eigenvalue weighted by Crippen LogP contribution is -2.41. The van der Waals surface area contributed by atoms with Crippen LogP contribution < -0.4 is 10.6 Å². The number of morpholine rings is 1. The van der Waals surface area contributed by atoms with Crippen molar-refractivity contribution < 1.29 is 4.74 Å². The molecule has 0 spiro atoms. The number of aryl methyl sites for hydroxylation is 1. The maximum atomic E-state index is 6.21. The molecule has 1 atom stereocenters. The number of ether oxygens (including phenoxy) is 1. The molecular weight excluding hydrogens is 468 g/mol. The molecule has 0 saturated carbocycles. The Bertz CT molecular complexity index is 1240. The predicted molar refractivity (Wildman–Crippen MR) is 140 cm³/mol. The number of rotatable bonds is 5. The highest BCUT2D eigenvalue weighted by Crippen LogP contribution is 2.35. The average molecular weight is 495 g/mol. The minimum absolute atomic E-state index is 0.290. The van der Waals surface area contributed by atoms with E-state index in [2.05, 4.69) is 38.5 Å². The normalized spacial score (nSPS) is 18.0.